The van der Waals surface area contributed by atoms with E-state index in [9.17, 15) is 14.4 Å². The van der Waals surface area contributed by atoms with Crippen LogP contribution in [0.25, 0.3) is 0 Å². The highest BCUT2D eigenvalue weighted by Gasteiger charge is 2.50. The van der Waals surface area contributed by atoms with Crippen LogP contribution in [0, 0.1) is 16.2 Å². The van der Waals surface area contributed by atoms with Crippen LogP contribution in [-0.2, 0) is 27.6 Å². The van der Waals surface area contributed by atoms with E-state index in [4.69, 9.17) is 11.4 Å². The van der Waals surface area contributed by atoms with E-state index < -0.39 is 33.1 Å². The molecule has 6 nitrogen and oxygen atoms in total. The number of carbonyl (C=O) groups is 3. The van der Waals surface area contributed by atoms with Crippen LogP contribution in [0.4, 0.5) is 0 Å². The second-order valence-corrected chi connectivity index (χ2v) is 21.4. The number of hydrogen-bond acceptors (Lipinski definition) is 6. The summed E-state index contributed by atoms with van der Waals surface area (Å²) in [7, 11) is 0. The minimum absolute atomic E-state index is 0.113. The van der Waals surface area contributed by atoms with Crippen molar-refractivity contribution >= 4 is 33.1 Å². The average Bonchev–Trinajstić information content (AvgIpc) is 2.97. The van der Waals surface area contributed by atoms with Crippen molar-refractivity contribution in [2.75, 3.05) is 0 Å². The van der Waals surface area contributed by atoms with Gasteiger partial charge in [0.2, 0.25) is 0 Å². The summed E-state index contributed by atoms with van der Waals surface area (Å²) < 4.78 is 17.1. The third-order valence-electron chi connectivity index (χ3n) is 9.23. The van der Waals surface area contributed by atoms with Crippen LogP contribution in [0.15, 0.2) is 72.8 Å². The van der Waals surface area contributed by atoms with E-state index in [1.165, 1.54) is 0 Å². The van der Waals surface area contributed by atoms with Gasteiger partial charge in [0.15, 0.2) is 0 Å². The van der Waals surface area contributed by atoms with Gasteiger partial charge >= 0.3 is 33.1 Å². The Bertz CT molecular complexity index is 1470. The van der Waals surface area contributed by atoms with E-state index in [-0.39, 0.29) is 49.2 Å². The standard InChI is InChI=1S/3C15H22O2.Al/c3*1-14(2,3)10-15(4,5)12-8-6-11(7-9-12)13(16)17;/h3*6-9H,10H2,1-5H3,(H,16,17);/q;;;+3/p-3. The molecular weight excluding hydrogens is 663 g/mol. The van der Waals surface area contributed by atoms with Gasteiger partial charge in [-0.2, -0.15) is 0 Å². The van der Waals surface area contributed by atoms with Crippen molar-refractivity contribution in [3.8, 4) is 0 Å². The summed E-state index contributed by atoms with van der Waals surface area (Å²) in [6, 6.07) is 21.7. The van der Waals surface area contributed by atoms with E-state index in [0.717, 1.165) is 36.0 Å². The van der Waals surface area contributed by atoms with Crippen molar-refractivity contribution in [3.05, 3.63) is 106 Å². The van der Waals surface area contributed by atoms with E-state index >= 15 is 0 Å². The Labute approximate surface area is 319 Å². The van der Waals surface area contributed by atoms with Gasteiger partial charge in [0.05, 0.1) is 16.7 Å². The largest absolute Gasteiger partial charge is 1.20 e. The number of hydrogen-bond donors (Lipinski definition) is 0. The summed E-state index contributed by atoms with van der Waals surface area (Å²) in [5, 5.41) is 0. The van der Waals surface area contributed by atoms with E-state index in [1.807, 2.05) is 36.4 Å². The summed E-state index contributed by atoms with van der Waals surface area (Å²) in [4.78, 5) is 40.3. The highest BCUT2D eigenvalue weighted by Crippen LogP contribution is 2.38. The molecule has 0 aliphatic carbocycles. The van der Waals surface area contributed by atoms with Crippen LogP contribution in [0.2, 0.25) is 0 Å². The minimum Gasteiger partial charge on any atom is -0.547 e. The first-order valence-corrected chi connectivity index (χ1v) is 19.9. The van der Waals surface area contributed by atoms with Crippen molar-refractivity contribution in [2.24, 2.45) is 16.2 Å². The molecule has 3 rings (SSSR count). The molecule has 3 aromatic carbocycles. The average molecular weight is 727 g/mol. The smallest absolute Gasteiger partial charge is 0.547 e. The molecule has 7 heteroatoms. The van der Waals surface area contributed by atoms with Gasteiger partial charge in [-0.05, 0) is 105 Å². The molecule has 0 saturated heterocycles. The maximum absolute atomic E-state index is 13.4. The molecule has 0 unspecified atom stereocenters. The van der Waals surface area contributed by atoms with Gasteiger partial charge in [-0.1, -0.05) is 140 Å². The van der Waals surface area contributed by atoms with Gasteiger partial charge in [-0.15, -0.1) is 0 Å². The zero-order valence-corrected chi connectivity index (χ0v) is 35.7. The lowest BCUT2D eigenvalue weighted by atomic mass is 9.72. The molecule has 282 valence electrons. The van der Waals surface area contributed by atoms with Crippen LogP contribution in [0.1, 0.15) is 171 Å². The molecule has 0 saturated carbocycles. The summed E-state index contributed by atoms with van der Waals surface area (Å²) in [5.41, 5.74) is 4.13. The maximum Gasteiger partial charge on any atom is 1.20 e. The highest BCUT2D eigenvalue weighted by atomic mass is 27.3. The molecule has 0 aliphatic rings. The molecule has 0 fully saturated rings. The summed E-state index contributed by atoms with van der Waals surface area (Å²) >= 11 is -3.69. The predicted octanol–water partition coefficient (Wildman–Crippen LogP) is 11.7. The van der Waals surface area contributed by atoms with Crippen LogP contribution in [-0.4, -0.2) is 33.1 Å². The van der Waals surface area contributed by atoms with Crippen LogP contribution < -0.4 is 0 Å². The molecular formula is C45H63AlO6. The molecule has 3 aromatic rings. The highest BCUT2D eigenvalue weighted by molar-refractivity contribution is 6.45. The van der Waals surface area contributed by atoms with Crippen LogP contribution >= 0.6 is 0 Å². The third-order valence-corrected chi connectivity index (χ3v) is 10.5. The fourth-order valence-corrected chi connectivity index (χ4v) is 9.07. The Morgan fingerprint density at radius 3 is 0.750 bits per heavy atom. The number of carbonyl (C=O) groups excluding carboxylic acids is 3. The first kappa shape index (κ1) is 43.0. The number of rotatable bonds is 12. The van der Waals surface area contributed by atoms with Crippen molar-refractivity contribution in [1.82, 2.24) is 0 Å². The van der Waals surface area contributed by atoms with Gasteiger partial charge in [0, 0.05) is 0 Å². The van der Waals surface area contributed by atoms with E-state index in [1.54, 1.807) is 36.4 Å². The first-order valence-electron chi connectivity index (χ1n) is 18.5. The number of benzene rings is 3. The van der Waals surface area contributed by atoms with Gasteiger partial charge in [-0.3, -0.25) is 0 Å². The second-order valence-electron chi connectivity index (χ2n) is 20.1. The van der Waals surface area contributed by atoms with Crippen molar-refractivity contribution in [2.45, 2.75) is 139 Å². The third kappa shape index (κ3) is 12.9. The Morgan fingerprint density at radius 2 is 0.577 bits per heavy atom. The summed E-state index contributed by atoms with van der Waals surface area (Å²) in [6.45, 7) is 33.0. The fraction of sp³-hybridized carbons (Fsp3) is 0.533. The molecule has 0 N–H and O–H groups in total. The quantitative estimate of drug-likeness (QED) is 0.173. The lowest BCUT2D eigenvalue weighted by Crippen LogP contribution is -2.35. The monoisotopic (exact) mass is 726 g/mol. The van der Waals surface area contributed by atoms with E-state index in [0.29, 0.717) is 0 Å². The van der Waals surface area contributed by atoms with Crippen LogP contribution in [0.5, 0.6) is 0 Å². The predicted molar refractivity (Wildman–Crippen MR) is 213 cm³/mol. The van der Waals surface area contributed by atoms with E-state index in [2.05, 4.69) is 104 Å². The minimum atomic E-state index is -3.69. The molecule has 0 heterocycles. The van der Waals surface area contributed by atoms with Crippen LogP contribution in [0.3, 0.4) is 0 Å². The lowest BCUT2D eigenvalue weighted by Gasteiger charge is -2.33. The molecule has 0 amide bonds. The molecule has 0 aliphatic heterocycles. The van der Waals surface area contributed by atoms with Crippen molar-refractivity contribution in [1.29, 1.82) is 0 Å². The van der Waals surface area contributed by atoms with Gasteiger partial charge in [0.1, 0.15) is 0 Å². The SMILES string of the molecule is CC(C)(C)CC(C)(C)c1ccc(C(=O)[O][Al]([O]C(=O)c2ccc(C(C)(C)CC(C)(C)C)cc2)[O]C(=O)c2ccc(C(C)(C)CC(C)(C)C)cc2)cc1. The fourth-order valence-electron chi connectivity index (χ4n) is 7.99. The second kappa shape index (κ2) is 15.9. The van der Waals surface area contributed by atoms with Crippen molar-refractivity contribution < 1.29 is 25.7 Å². The molecule has 52 heavy (non-hydrogen) atoms. The van der Waals surface area contributed by atoms with Crippen molar-refractivity contribution in [3.63, 3.8) is 0 Å². The molecule has 0 bridgehead atoms. The Morgan fingerprint density at radius 1 is 0.385 bits per heavy atom. The molecule has 0 spiro atoms. The molecule has 0 radical (unpaired) electrons. The Hall–Kier alpha value is -3.40. The van der Waals surface area contributed by atoms with Gasteiger partial charge < -0.3 is 11.4 Å². The Kier molecular flexibility index (Phi) is 13.2. The zero-order valence-electron chi connectivity index (χ0n) is 34.6. The lowest BCUT2D eigenvalue weighted by molar-refractivity contribution is 0.0409. The van der Waals surface area contributed by atoms with Gasteiger partial charge in [-0.25, -0.2) is 14.4 Å². The molecule has 0 aromatic heterocycles. The topological polar surface area (TPSA) is 78.9 Å². The maximum atomic E-state index is 13.4. The zero-order chi connectivity index (χ0) is 39.5. The summed E-state index contributed by atoms with van der Waals surface area (Å²) in [5.74, 6) is -2.18. The molecule has 0 atom stereocenters. The first-order chi connectivity index (χ1) is 23.6. The summed E-state index contributed by atoms with van der Waals surface area (Å²) in [6.07, 6.45) is 2.86. The van der Waals surface area contributed by atoms with Gasteiger partial charge in [0.25, 0.3) is 0 Å². The normalized spacial score (nSPS) is 13.0. The Balaban J connectivity index is 1.86.